The molecule has 438 valence electrons. The van der Waals surface area contributed by atoms with E-state index < -0.39 is 65.3 Å². The molecule has 4 amide bonds. The number of hydrogen-bond acceptors (Lipinski definition) is 17. The fourth-order valence-electron chi connectivity index (χ4n) is 8.72. The molecule has 0 spiro atoms. The predicted molar refractivity (Wildman–Crippen MR) is 299 cm³/mol. The number of pyridine rings is 3. The van der Waals surface area contributed by atoms with Crippen LogP contribution in [0.15, 0.2) is 92.6 Å². The van der Waals surface area contributed by atoms with Crippen LogP contribution in [-0.2, 0) is 4.74 Å². The van der Waals surface area contributed by atoms with Gasteiger partial charge in [-0.25, -0.2) is 71.6 Å². The largest absolute Gasteiger partial charge is 0.444 e. The molecule has 4 atom stereocenters. The molecule has 0 aliphatic carbocycles. The van der Waals surface area contributed by atoms with E-state index in [1.165, 1.54) is 73.5 Å². The minimum absolute atomic E-state index is 0.00871. The van der Waals surface area contributed by atoms with Gasteiger partial charge in [0, 0.05) is 68.5 Å². The fourth-order valence-corrected chi connectivity index (χ4v) is 8.82. The minimum Gasteiger partial charge on any atom is -0.444 e. The summed E-state index contributed by atoms with van der Waals surface area (Å²) in [5.41, 5.74) is 2.86. The highest BCUT2D eigenvalue weighted by Crippen LogP contribution is 2.23. The van der Waals surface area contributed by atoms with Crippen molar-refractivity contribution in [1.82, 2.24) is 68.3 Å². The van der Waals surface area contributed by atoms with Gasteiger partial charge in [0.25, 0.3) is 17.7 Å². The molecule has 0 aromatic carbocycles. The van der Waals surface area contributed by atoms with Crippen LogP contribution in [0.25, 0.3) is 16.9 Å². The van der Waals surface area contributed by atoms with Gasteiger partial charge in [0.2, 0.25) is 0 Å². The number of piperidine rings is 2. The normalized spacial score (nSPS) is 16.9. The second-order valence-electron chi connectivity index (χ2n) is 20.5. The number of nitrogens with zero attached hydrogens (tertiary/aromatic N) is 13. The number of nitrogens with one attached hydrogen (secondary N) is 6. The van der Waals surface area contributed by atoms with Crippen LogP contribution in [0.1, 0.15) is 82.2 Å². The highest BCUT2D eigenvalue weighted by atomic mass is 35.5. The molecule has 9 aromatic rings. The summed E-state index contributed by atoms with van der Waals surface area (Å²) >= 11 is 5.60. The summed E-state index contributed by atoms with van der Waals surface area (Å²) in [5, 5.41) is 16.8. The molecule has 11 heterocycles. The Kier molecular flexibility index (Phi) is 17.8. The van der Waals surface area contributed by atoms with Crippen molar-refractivity contribution in [2.24, 2.45) is 0 Å². The number of aromatic nitrogens is 12. The average molecular weight is 1180 g/mol. The number of aryl methyl sites for hydroxylation is 3. The number of halogens is 6. The molecular weight excluding hydrogens is 1130 g/mol. The Labute approximate surface area is 480 Å². The maximum atomic E-state index is 14.7. The first kappa shape index (κ1) is 59.1. The molecule has 0 unspecified atom stereocenters. The first-order valence-electron chi connectivity index (χ1n) is 26.0. The monoisotopic (exact) mass is 1180 g/mol. The third kappa shape index (κ3) is 14.9. The van der Waals surface area contributed by atoms with E-state index in [1.54, 1.807) is 78.7 Å². The van der Waals surface area contributed by atoms with E-state index in [0.717, 1.165) is 6.54 Å². The van der Waals surface area contributed by atoms with Crippen molar-refractivity contribution < 1.29 is 45.9 Å². The van der Waals surface area contributed by atoms with Gasteiger partial charge in [0.15, 0.2) is 34.4 Å². The van der Waals surface area contributed by atoms with Gasteiger partial charge in [-0.05, 0) is 60.9 Å². The summed E-state index contributed by atoms with van der Waals surface area (Å²) in [4.78, 5) is 86.6. The van der Waals surface area contributed by atoms with Gasteiger partial charge in [-0.3, -0.25) is 14.4 Å². The summed E-state index contributed by atoms with van der Waals surface area (Å²) in [6.07, 6.45) is 15.5. The first-order valence-corrected chi connectivity index (χ1v) is 26.4. The summed E-state index contributed by atoms with van der Waals surface area (Å²) in [5.74, 6) is -2.56. The van der Waals surface area contributed by atoms with Gasteiger partial charge in [-0.2, -0.15) is 0 Å². The lowest BCUT2D eigenvalue weighted by atomic mass is 10.0. The third-order valence-corrected chi connectivity index (χ3v) is 12.7. The van der Waals surface area contributed by atoms with Crippen molar-refractivity contribution in [3.63, 3.8) is 0 Å². The Morgan fingerprint density at radius 1 is 0.583 bits per heavy atom. The number of hydrogen-bond donors (Lipinski definition) is 6. The van der Waals surface area contributed by atoms with E-state index in [9.17, 15) is 41.1 Å². The number of carbonyl (C=O) groups is 4. The Morgan fingerprint density at radius 3 is 1.37 bits per heavy atom. The summed E-state index contributed by atoms with van der Waals surface area (Å²) in [6.45, 7) is 11.8. The topological polar surface area (TPSA) is 282 Å². The zero-order valence-electron chi connectivity index (χ0n) is 45.8. The number of ether oxygens (including phenoxy) is 1. The van der Waals surface area contributed by atoms with Crippen LogP contribution in [-0.4, -0.2) is 143 Å². The number of fused-ring (bicyclic) bond motifs is 3. The van der Waals surface area contributed by atoms with Crippen LogP contribution in [0.3, 0.4) is 0 Å². The van der Waals surface area contributed by atoms with E-state index in [2.05, 4.69) is 76.8 Å². The first-order chi connectivity index (χ1) is 40.0. The van der Waals surface area contributed by atoms with E-state index in [-0.39, 0.29) is 63.1 Å². The van der Waals surface area contributed by atoms with Crippen LogP contribution in [0.2, 0.25) is 5.15 Å². The number of amides is 4. The van der Waals surface area contributed by atoms with E-state index in [0.29, 0.717) is 60.3 Å². The predicted octanol–water partition coefficient (Wildman–Crippen LogP) is 8.00. The quantitative estimate of drug-likeness (QED) is 0.0707. The van der Waals surface area contributed by atoms with Crippen LogP contribution in [0.5, 0.6) is 0 Å². The maximum absolute atomic E-state index is 14.7. The zero-order valence-corrected chi connectivity index (χ0v) is 46.6. The number of rotatable bonds is 10. The standard InChI is InChI=1S/C23H27F2N7O3.C18H19F2N7O.C13H9ClFN5O/c1-13-10-32-11-14(7-15(24)20(32)28-13)29-21(33)18-8-27-19(9-26-18)30-17-5-6-31(12-16(17)25)22(34)35-23(2,3)4;1-10-8-27-9-11(4-12(19)17(27)24-10)25-18(28)15-6-23-16(7-22-15)26-14-2-3-21-5-13(14)20;1-7-5-20-6-8(2-9(15)12(20)18-7)19-13(21)10-3-17-11(14)4-16-10/h7-11,16-17H,5-6,12H2,1-4H3,(H,27,30)(H,29,33);4,6-9,13-14,21H,2-3,5H2,1H3,(H,23,26)(H,25,28);2-6H,1H3,(H,19,21)/t16-,17+;13-,14+;/m00./s1. The van der Waals surface area contributed by atoms with Gasteiger partial charge in [-0.15, -0.1) is 0 Å². The number of carbonyl (C=O) groups excluding carboxylic acids is 4. The van der Waals surface area contributed by atoms with Gasteiger partial charge < -0.3 is 54.7 Å². The maximum Gasteiger partial charge on any atom is 0.410 e. The van der Waals surface area contributed by atoms with Crippen LogP contribution in [0, 0.1) is 38.2 Å². The zero-order chi connectivity index (χ0) is 60.0. The summed E-state index contributed by atoms with van der Waals surface area (Å²) in [6, 6.07) is 2.65. The van der Waals surface area contributed by atoms with Crippen LogP contribution >= 0.6 is 11.6 Å². The molecule has 2 aliphatic rings. The van der Waals surface area contributed by atoms with Crippen molar-refractivity contribution >= 4 is 81.1 Å². The number of anilines is 5. The number of alkyl halides is 2. The van der Waals surface area contributed by atoms with Gasteiger partial charge in [0.05, 0.1) is 90.0 Å². The third-order valence-electron chi connectivity index (χ3n) is 12.5. The van der Waals surface area contributed by atoms with Crippen molar-refractivity contribution in [3.05, 3.63) is 149 Å². The van der Waals surface area contributed by atoms with Crippen molar-refractivity contribution in [2.75, 3.05) is 52.8 Å². The van der Waals surface area contributed by atoms with E-state index >= 15 is 0 Å². The Morgan fingerprint density at radius 2 is 1.00 bits per heavy atom. The van der Waals surface area contributed by atoms with E-state index in [4.69, 9.17) is 16.3 Å². The van der Waals surface area contributed by atoms with Crippen molar-refractivity contribution in [3.8, 4) is 0 Å². The second kappa shape index (κ2) is 25.3. The number of imidazole rings is 3. The smallest absolute Gasteiger partial charge is 0.410 e. The SMILES string of the molecule is Cc1cn2cc(NC(=O)c3cnc(Cl)cn3)cc(F)c2n1.Cc1cn2cc(NC(=O)c3cnc(N[C@@H]4CCN(C(=O)OC(C)(C)C)C[C@@H]4F)cn3)cc(F)c2n1.Cc1cn2cc(NC(=O)c3cnc(N[C@@H]4CCNC[C@@H]4F)cn3)cc(F)c2n1. The van der Waals surface area contributed by atoms with Crippen molar-refractivity contribution in [1.29, 1.82) is 0 Å². The lowest BCUT2D eigenvalue weighted by Gasteiger charge is -2.36. The summed E-state index contributed by atoms with van der Waals surface area (Å²) in [7, 11) is 0. The molecule has 24 nitrogen and oxygen atoms in total. The van der Waals surface area contributed by atoms with E-state index in [1.807, 2.05) is 0 Å². The molecule has 0 bridgehead atoms. The Balaban J connectivity index is 0.000000156. The second-order valence-corrected chi connectivity index (χ2v) is 20.9. The average Bonchev–Trinajstić information content (AvgIpc) is 4.25. The van der Waals surface area contributed by atoms with Gasteiger partial charge in [-0.1, -0.05) is 11.6 Å². The molecule has 9 aromatic heterocycles. The molecule has 2 aliphatic heterocycles. The minimum atomic E-state index is -1.34. The molecule has 2 saturated heterocycles. The fraction of sp³-hybridized carbons (Fsp3) is 0.315. The van der Waals surface area contributed by atoms with Gasteiger partial charge in [0.1, 0.15) is 51.8 Å². The molecule has 6 N–H and O–H groups in total. The molecule has 30 heteroatoms. The Hall–Kier alpha value is -9.51. The lowest BCUT2D eigenvalue weighted by molar-refractivity contribution is 0.0124. The molecule has 84 heavy (non-hydrogen) atoms. The molecule has 0 saturated carbocycles. The number of likely N-dealkylation sites (tertiary alicyclic amines) is 1. The molecule has 11 rings (SSSR count). The lowest BCUT2D eigenvalue weighted by Crippen LogP contribution is -2.51. The van der Waals surface area contributed by atoms with Crippen LogP contribution in [0.4, 0.5) is 55.4 Å². The highest BCUT2D eigenvalue weighted by molar-refractivity contribution is 6.29. The Bertz CT molecular complexity index is 3860. The van der Waals surface area contributed by atoms with Gasteiger partial charge >= 0.3 is 6.09 Å². The molecular formula is C54H55ClF5N19O5. The highest BCUT2D eigenvalue weighted by Gasteiger charge is 2.34. The molecule has 0 radical (unpaired) electrons. The van der Waals surface area contributed by atoms with Crippen molar-refractivity contribution in [2.45, 2.75) is 84.4 Å². The van der Waals surface area contributed by atoms with Crippen LogP contribution < -0.4 is 31.9 Å². The summed E-state index contributed by atoms with van der Waals surface area (Å²) < 4.78 is 80.6. The molecule has 2 fully saturated rings.